The fourth-order valence-corrected chi connectivity index (χ4v) is 3.10. The van der Waals surface area contributed by atoms with Crippen molar-refractivity contribution in [1.29, 1.82) is 0 Å². The van der Waals surface area contributed by atoms with Crippen molar-refractivity contribution in [2.24, 2.45) is 0 Å². The zero-order valence-electron chi connectivity index (χ0n) is 13.3. The van der Waals surface area contributed by atoms with E-state index < -0.39 is 0 Å². The van der Waals surface area contributed by atoms with Crippen LogP contribution in [0.2, 0.25) is 0 Å². The molecule has 0 atom stereocenters. The third kappa shape index (κ3) is 4.32. The largest absolute Gasteiger partial charge is 0.502 e. The number of thiocarbonyl (C=S) groups is 1. The lowest BCUT2D eigenvalue weighted by molar-refractivity contribution is -0.575. The van der Waals surface area contributed by atoms with E-state index in [1.807, 2.05) is 85.2 Å². The highest BCUT2D eigenvalue weighted by atomic mass is 79.9. The van der Waals surface area contributed by atoms with Crippen molar-refractivity contribution in [1.82, 2.24) is 0 Å². The SMILES string of the molecule is O/C(=C(/C(=S)Nc1ccccc1)[n+]1ccccc1)c1cccc(Br)c1. The van der Waals surface area contributed by atoms with Crippen LogP contribution in [0.25, 0.3) is 11.5 Å². The number of aromatic nitrogens is 1. The smallest absolute Gasteiger partial charge is 0.288 e. The van der Waals surface area contributed by atoms with Crippen LogP contribution in [0.1, 0.15) is 5.56 Å². The van der Waals surface area contributed by atoms with Crippen LogP contribution in [0.5, 0.6) is 0 Å². The Balaban J connectivity index is 2.07. The van der Waals surface area contributed by atoms with E-state index in [-0.39, 0.29) is 5.76 Å². The molecular formula is C20H16BrN2OS+. The Morgan fingerprint density at radius 2 is 1.60 bits per heavy atom. The Labute approximate surface area is 160 Å². The van der Waals surface area contributed by atoms with Crippen LogP contribution in [-0.4, -0.2) is 10.1 Å². The van der Waals surface area contributed by atoms with Crippen molar-refractivity contribution in [3.63, 3.8) is 0 Å². The summed E-state index contributed by atoms with van der Waals surface area (Å²) in [6.45, 7) is 0. The highest BCUT2D eigenvalue weighted by Crippen LogP contribution is 2.22. The minimum absolute atomic E-state index is 0.103. The van der Waals surface area contributed by atoms with Gasteiger partial charge in [0.15, 0.2) is 23.1 Å². The second-order valence-corrected chi connectivity index (χ2v) is 6.63. The van der Waals surface area contributed by atoms with Crippen molar-refractivity contribution in [2.45, 2.75) is 0 Å². The van der Waals surface area contributed by atoms with Gasteiger partial charge in [-0.15, -0.1) is 0 Å². The normalized spacial score (nSPS) is 11.6. The van der Waals surface area contributed by atoms with Crippen LogP contribution in [0.4, 0.5) is 5.69 Å². The van der Waals surface area contributed by atoms with Crippen molar-refractivity contribution in [3.8, 4) is 0 Å². The predicted octanol–water partition coefficient (Wildman–Crippen LogP) is 5.06. The van der Waals surface area contributed by atoms with E-state index in [0.29, 0.717) is 16.2 Å². The molecule has 3 nitrogen and oxygen atoms in total. The second-order valence-electron chi connectivity index (χ2n) is 5.31. The van der Waals surface area contributed by atoms with E-state index in [2.05, 4.69) is 21.2 Å². The molecule has 3 rings (SSSR count). The minimum Gasteiger partial charge on any atom is -0.502 e. The molecular weight excluding hydrogens is 396 g/mol. The maximum atomic E-state index is 10.9. The van der Waals surface area contributed by atoms with Crippen LogP contribution in [-0.2, 0) is 0 Å². The molecule has 0 radical (unpaired) electrons. The van der Waals surface area contributed by atoms with Crippen molar-refractivity contribution < 1.29 is 9.67 Å². The summed E-state index contributed by atoms with van der Waals surface area (Å²) in [4.78, 5) is 0.430. The van der Waals surface area contributed by atoms with Gasteiger partial charge in [-0.2, -0.15) is 4.57 Å². The molecule has 0 amide bonds. The van der Waals surface area contributed by atoms with Gasteiger partial charge >= 0.3 is 0 Å². The summed E-state index contributed by atoms with van der Waals surface area (Å²) < 4.78 is 2.69. The molecule has 0 saturated carbocycles. The first-order chi connectivity index (χ1) is 12.1. The van der Waals surface area contributed by atoms with Crippen molar-refractivity contribution in [2.75, 3.05) is 5.32 Å². The van der Waals surface area contributed by atoms with Crippen LogP contribution in [0.15, 0.2) is 89.7 Å². The maximum Gasteiger partial charge on any atom is 0.288 e. The van der Waals surface area contributed by atoms with Gasteiger partial charge in [0.2, 0.25) is 0 Å². The lowest BCUT2D eigenvalue weighted by atomic mass is 10.1. The molecule has 0 aliphatic rings. The summed E-state index contributed by atoms with van der Waals surface area (Å²) in [5.41, 5.74) is 2.05. The number of rotatable bonds is 4. The summed E-state index contributed by atoms with van der Waals surface area (Å²) in [7, 11) is 0. The number of nitrogens with one attached hydrogen (secondary N) is 1. The van der Waals surface area contributed by atoms with Gasteiger partial charge in [-0.25, -0.2) is 0 Å². The van der Waals surface area contributed by atoms with E-state index in [1.54, 1.807) is 4.57 Å². The molecule has 1 aromatic heterocycles. The Morgan fingerprint density at radius 1 is 0.920 bits per heavy atom. The Bertz CT molecular complexity index is 911. The molecule has 0 spiro atoms. The lowest BCUT2D eigenvalue weighted by Gasteiger charge is -2.10. The van der Waals surface area contributed by atoms with Crippen LogP contribution >= 0.6 is 28.1 Å². The van der Waals surface area contributed by atoms with E-state index >= 15 is 0 Å². The Hall–Kier alpha value is -2.50. The molecule has 5 heteroatoms. The Morgan fingerprint density at radius 3 is 2.28 bits per heavy atom. The van der Waals surface area contributed by atoms with Gasteiger partial charge in [-0.3, -0.25) is 0 Å². The molecule has 2 aromatic carbocycles. The minimum atomic E-state index is 0.103. The van der Waals surface area contributed by atoms with Gasteiger partial charge in [0.25, 0.3) is 5.70 Å². The third-order valence-corrected chi connectivity index (χ3v) is 4.33. The fraction of sp³-hybridized carbons (Fsp3) is 0. The second kappa shape index (κ2) is 8.05. The molecule has 0 unspecified atom stereocenters. The summed E-state index contributed by atoms with van der Waals surface area (Å²) in [5, 5.41) is 14.1. The number of pyridine rings is 1. The standard InChI is InChI=1S/C20H15BrN2OS/c21-16-9-7-8-15(14-16)19(24)18(23-12-5-2-6-13-23)20(25)22-17-10-3-1-4-11-17/h1-14H,(H-,22,24,25)/p+1. The number of anilines is 1. The zero-order valence-corrected chi connectivity index (χ0v) is 15.7. The molecule has 0 fully saturated rings. The zero-order chi connectivity index (χ0) is 17.6. The van der Waals surface area contributed by atoms with Gasteiger partial charge in [-0.05, 0) is 24.3 Å². The van der Waals surface area contributed by atoms with Gasteiger partial charge in [0.1, 0.15) is 0 Å². The number of hydrogen-bond donors (Lipinski definition) is 2. The monoisotopic (exact) mass is 411 g/mol. The van der Waals surface area contributed by atoms with Gasteiger partial charge < -0.3 is 10.4 Å². The average molecular weight is 412 g/mol. The quantitative estimate of drug-likeness (QED) is 0.272. The highest BCUT2D eigenvalue weighted by molar-refractivity contribution is 9.10. The lowest BCUT2D eigenvalue weighted by Crippen LogP contribution is -2.38. The van der Waals surface area contributed by atoms with Gasteiger partial charge in [-0.1, -0.05) is 64.5 Å². The number of aliphatic hydroxyl groups excluding tert-OH is 1. The van der Waals surface area contributed by atoms with E-state index in [4.69, 9.17) is 12.2 Å². The number of para-hydroxylation sites is 1. The summed E-state index contributed by atoms with van der Waals surface area (Å²) >= 11 is 9.02. The van der Waals surface area contributed by atoms with Crippen molar-refractivity contribution in [3.05, 3.63) is 95.2 Å². The molecule has 2 N–H and O–H groups in total. The molecule has 0 saturated heterocycles. The summed E-state index contributed by atoms with van der Waals surface area (Å²) in [6, 6.07) is 22.8. The van der Waals surface area contributed by atoms with E-state index in [1.165, 1.54) is 0 Å². The molecule has 1 heterocycles. The fourth-order valence-electron chi connectivity index (χ4n) is 2.38. The van der Waals surface area contributed by atoms with Crippen LogP contribution in [0.3, 0.4) is 0 Å². The topological polar surface area (TPSA) is 36.1 Å². The first kappa shape index (κ1) is 17.3. The number of halogens is 1. The van der Waals surface area contributed by atoms with Crippen LogP contribution in [0, 0.1) is 0 Å². The van der Waals surface area contributed by atoms with E-state index in [9.17, 15) is 5.11 Å². The van der Waals surface area contributed by atoms with Crippen molar-refractivity contribution >= 4 is 50.3 Å². The molecule has 25 heavy (non-hydrogen) atoms. The number of nitrogens with zero attached hydrogens (tertiary/aromatic N) is 1. The maximum absolute atomic E-state index is 10.9. The molecule has 0 aliphatic carbocycles. The predicted molar refractivity (Wildman–Crippen MR) is 109 cm³/mol. The summed E-state index contributed by atoms with van der Waals surface area (Å²) in [5.74, 6) is 0.103. The molecule has 0 aliphatic heterocycles. The molecule has 0 bridgehead atoms. The third-order valence-electron chi connectivity index (χ3n) is 3.54. The Kier molecular flexibility index (Phi) is 5.58. The molecule has 3 aromatic rings. The van der Waals surface area contributed by atoms with E-state index in [0.717, 1.165) is 10.2 Å². The highest BCUT2D eigenvalue weighted by Gasteiger charge is 2.23. The van der Waals surface area contributed by atoms with Gasteiger partial charge in [0, 0.05) is 27.9 Å². The average Bonchev–Trinajstić information content (AvgIpc) is 2.63. The number of hydrogen-bond acceptors (Lipinski definition) is 2. The molecule has 124 valence electrons. The van der Waals surface area contributed by atoms with Crippen LogP contribution < -0.4 is 9.88 Å². The number of benzene rings is 2. The number of aliphatic hydroxyl groups is 1. The van der Waals surface area contributed by atoms with Gasteiger partial charge in [0.05, 0.1) is 0 Å². The first-order valence-electron chi connectivity index (χ1n) is 7.67. The summed E-state index contributed by atoms with van der Waals surface area (Å²) in [6.07, 6.45) is 3.70. The first-order valence-corrected chi connectivity index (χ1v) is 8.87.